The van der Waals surface area contributed by atoms with E-state index in [1.807, 2.05) is 12.1 Å². The normalized spacial score (nSPS) is 29.5. The zero-order chi connectivity index (χ0) is 21.3. The van der Waals surface area contributed by atoms with Crippen LogP contribution in [0.25, 0.3) is 0 Å². The van der Waals surface area contributed by atoms with Crippen molar-refractivity contribution in [2.75, 3.05) is 0 Å². The summed E-state index contributed by atoms with van der Waals surface area (Å²) in [6.45, 7) is 6.97. The molecular weight excluding hydrogens is 368 g/mol. The molecule has 0 heterocycles. The summed E-state index contributed by atoms with van der Waals surface area (Å²) in [5.41, 5.74) is 2.13. The van der Waals surface area contributed by atoms with Crippen molar-refractivity contribution in [1.29, 1.82) is 0 Å². The molecule has 2 heteroatoms. The highest BCUT2D eigenvalue weighted by Gasteiger charge is 2.29. The maximum absolute atomic E-state index is 12.6. The van der Waals surface area contributed by atoms with E-state index in [1.54, 1.807) is 0 Å². The van der Waals surface area contributed by atoms with Gasteiger partial charge >= 0.3 is 5.97 Å². The number of esters is 1. The standard InChI is InChI=1S/C28H44O2/c1-4-6-7-9-23-12-19-27(21(3)20-23)24-13-15-25(16-14-24)28(29)30-26-17-10-22(8-5-2)11-18-26/h13-16,21-23,26-27H,4-12,17-20H2,1-3H3/t21?,22-,23?,26-,27?. The molecule has 0 saturated heterocycles. The molecule has 3 unspecified atom stereocenters. The fourth-order valence-corrected chi connectivity index (χ4v) is 5.98. The molecule has 0 bridgehead atoms. The van der Waals surface area contributed by atoms with Gasteiger partial charge in [0.25, 0.3) is 0 Å². The third kappa shape index (κ3) is 6.59. The van der Waals surface area contributed by atoms with Crippen LogP contribution >= 0.6 is 0 Å². The number of hydrogen-bond acceptors (Lipinski definition) is 2. The van der Waals surface area contributed by atoms with Crippen molar-refractivity contribution >= 4 is 5.97 Å². The van der Waals surface area contributed by atoms with Gasteiger partial charge in [0.15, 0.2) is 0 Å². The average molecular weight is 413 g/mol. The first-order valence-electron chi connectivity index (χ1n) is 12.9. The summed E-state index contributed by atoms with van der Waals surface area (Å²) in [5.74, 6) is 3.01. The summed E-state index contributed by atoms with van der Waals surface area (Å²) >= 11 is 0. The van der Waals surface area contributed by atoms with Gasteiger partial charge in [-0.05, 0) is 86.3 Å². The van der Waals surface area contributed by atoms with Crippen molar-refractivity contribution in [2.24, 2.45) is 17.8 Å². The highest BCUT2D eigenvalue weighted by Crippen LogP contribution is 2.42. The highest BCUT2D eigenvalue weighted by atomic mass is 16.5. The van der Waals surface area contributed by atoms with E-state index in [4.69, 9.17) is 4.74 Å². The maximum atomic E-state index is 12.6. The van der Waals surface area contributed by atoms with E-state index in [9.17, 15) is 4.79 Å². The summed E-state index contributed by atoms with van der Waals surface area (Å²) in [5, 5.41) is 0. The predicted molar refractivity (Wildman–Crippen MR) is 126 cm³/mol. The summed E-state index contributed by atoms with van der Waals surface area (Å²) in [7, 11) is 0. The molecule has 0 N–H and O–H groups in total. The molecule has 0 radical (unpaired) electrons. The molecule has 2 aliphatic rings. The lowest BCUT2D eigenvalue weighted by molar-refractivity contribution is 0.0161. The first-order chi connectivity index (χ1) is 14.6. The minimum atomic E-state index is -0.131. The lowest BCUT2D eigenvalue weighted by Crippen LogP contribution is -2.24. The van der Waals surface area contributed by atoms with Crippen LogP contribution in [0.3, 0.4) is 0 Å². The van der Waals surface area contributed by atoms with E-state index in [1.165, 1.54) is 76.2 Å². The fourth-order valence-electron chi connectivity index (χ4n) is 5.98. The SMILES string of the molecule is CCCCCC1CCC(c2ccc(C(=O)O[C@H]3CC[C@H](CCC)CC3)cc2)C(C)C1. The first kappa shape index (κ1) is 23.4. The lowest BCUT2D eigenvalue weighted by Gasteiger charge is -2.34. The van der Waals surface area contributed by atoms with Crippen molar-refractivity contribution < 1.29 is 9.53 Å². The molecular formula is C28H44O2. The van der Waals surface area contributed by atoms with Gasteiger partial charge in [-0.15, -0.1) is 0 Å². The molecule has 2 fully saturated rings. The lowest BCUT2D eigenvalue weighted by atomic mass is 9.71. The van der Waals surface area contributed by atoms with Gasteiger partial charge in [0.2, 0.25) is 0 Å². The van der Waals surface area contributed by atoms with E-state index < -0.39 is 0 Å². The van der Waals surface area contributed by atoms with Crippen LogP contribution in [0, 0.1) is 17.8 Å². The largest absolute Gasteiger partial charge is 0.459 e. The monoisotopic (exact) mass is 412 g/mol. The van der Waals surface area contributed by atoms with Crippen molar-refractivity contribution in [1.82, 2.24) is 0 Å². The summed E-state index contributed by atoms with van der Waals surface area (Å²) in [6.07, 6.45) is 16.7. The Morgan fingerprint density at radius 1 is 0.867 bits per heavy atom. The molecule has 168 valence electrons. The Labute approximate surface area is 185 Å². The Morgan fingerprint density at radius 3 is 2.20 bits per heavy atom. The van der Waals surface area contributed by atoms with Crippen LogP contribution in [-0.4, -0.2) is 12.1 Å². The quantitative estimate of drug-likeness (QED) is 0.301. The van der Waals surface area contributed by atoms with Gasteiger partial charge in [0.1, 0.15) is 6.10 Å². The zero-order valence-electron chi connectivity index (χ0n) is 19.7. The van der Waals surface area contributed by atoms with E-state index in [0.717, 1.165) is 36.2 Å². The molecule has 2 nitrogen and oxygen atoms in total. The van der Waals surface area contributed by atoms with Gasteiger partial charge in [0.05, 0.1) is 5.56 Å². The number of unbranched alkanes of at least 4 members (excludes halogenated alkanes) is 2. The molecule has 0 aliphatic heterocycles. The third-order valence-electron chi connectivity index (χ3n) is 7.83. The maximum Gasteiger partial charge on any atom is 0.338 e. The van der Waals surface area contributed by atoms with Crippen molar-refractivity contribution in [2.45, 2.75) is 116 Å². The van der Waals surface area contributed by atoms with Gasteiger partial charge in [-0.25, -0.2) is 4.79 Å². The van der Waals surface area contributed by atoms with Crippen LogP contribution < -0.4 is 0 Å². The van der Waals surface area contributed by atoms with Gasteiger partial charge in [-0.2, -0.15) is 0 Å². The average Bonchev–Trinajstić information content (AvgIpc) is 2.76. The van der Waals surface area contributed by atoms with Crippen LogP contribution in [-0.2, 0) is 4.74 Å². The van der Waals surface area contributed by atoms with E-state index >= 15 is 0 Å². The van der Waals surface area contributed by atoms with Crippen LogP contribution in [0.4, 0.5) is 0 Å². The number of hydrogen-bond donors (Lipinski definition) is 0. The topological polar surface area (TPSA) is 26.3 Å². The van der Waals surface area contributed by atoms with Crippen molar-refractivity contribution in [3.63, 3.8) is 0 Å². The minimum absolute atomic E-state index is 0.119. The Kier molecular flexibility index (Phi) is 9.27. The van der Waals surface area contributed by atoms with E-state index in [2.05, 4.69) is 32.9 Å². The molecule has 2 aliphatic carbocycles. The zero-order valence-corrected chi connectivity index (χ0v) is 19.7. The molecule has 3 rings (SSSR count). The van der Waals surface area contributed by atoms with Gasteiger partial charge in [-0.3, -0.25) is 0 Å². The minimum Gasteiger partial charge on any atom is -0.459 e. The van der Waals surface area contributed by atoms with Crippen LogP contribution in [0.15, 0.2) is 24.3 Å². The van der Waals surface area contributed by atoms with Gasteiger partial charge in [0, 0.05) is 0 Å². The number of carbonyl (C=O) groups excluding carboxylic acids is 1. The predicted octanol–water partition coefficient (Wildman–Crippen LogP) is 8.30. The Balaban J connectivity index is 1.47. The molecule has 0 amide bonds. The molecule has 30 heavy (non-hydrogen) atoms. The molecule has 1 aromatic carbocycles. The van der Waals surface area contributed by atoms with Crippen molar-refractivity contribution in [3.8, 4) is 0 Å². The number of rotatable bonds is 9. The molecule has 2 saturated carbocycles. The van der Waals surface area contributed by atoms with E-state index in [0.29, 0.717) is 5.92 Å². The number of benzene rings is 1. The fraction of sp³-hybridized carbons (Fsp3) is 0.750. The second-order valence-electron chi connectivity index (χ2n) is 10.2. The Morgan fingerprint density at radius 2 is 1.57 bits per heavy atom. The number of ether oxygens (including phenoxy) is 1. The molecule has 0 aromatic heterocycles. The van der Waals surface area contributed by atoms with Crippen LogP contribution in [0.5, 0.6) is 0 Å². The second kappa shape index (κ2) is 11.9. The van der Waals surface area contributed by atoms with E-state index in [-0.39, 0.29) is 12.1 Å². The Hall–Kier alpha value is -1.31. The number of carbonyl (C=O) groups is 1. The van der Waals surface area contributed by atoms with Crippen LogP contribution in [0.1, 0.15) is 126 Å². The third-order valence-corrected chi connectivity index (χ3v) is 7.83. The highest BCUT2D eigenvalue weighted by molar-refractivity contribution is 5.89. The summed E-state index contributed by atoms with van der Waals surface area (Å²) in [6, 6.07) is 8.38. The second-order valence-corrected chi connectivity index (χ2v) is 10.2. The van der Waals surface area contributed by atoms with Crippen molar-refractivity contribution in [3.05, 3.63) is 35.4 Å². The molecule has 0 spiro atoms. The molecule has 1 aromatic rings. The Bertz CT molecular complexity index is 627. The van der Waals surface area contributed by atoms with Gasteiger partial charge < -0.3 is 4.74 Å². The van der Waals surface area contributed by atoms with Crippen LogP contribution in [0.2, 0.25) is 0 Å². The summed E-state index contributed by atoms with van der Waals surface area (Å²) < 4.78 is 5.83. The van der Waals surface area contributed by atoms with Gasteiger partial charge in [-0.1, -0.05) is 71.4 Å². The smallest absolute Gasteiger partial charge is 0.338 e. The summed E-state index contributed by atoms with van der Waals surface area (Å²) in [4.78, 5) is 12.6. The molecule has 3 atom stereocenters. The first-order valence-corrected chi connectivity index (χ1v) is 12.9.